The van der Waals surface area contributed by atoms with Crippen LogP contribution in [0.1, 0.15) is 0 Å². The molecule has 0 unspecified atom stereocenters. The number of hydrogen-bond acceptors (Lipinski definition) is 5. The van der Waals surface area contributed by atoms with E-state index in [0.29, 0.717) is 22.2 Å². The molecule has 0 spiro atoms. The first kappa shape index (κ1) is 16.6. The van der Waals surface area contributed by atoms with E-state index in [1.807, 2.05) is 0 Å². The van der Waals surface area contributed by atoms with Crippen LogP contribution in [0.3, 0.4) is 0 Å². The fraction of sp³-hybridized carbons (Fsp3) is 0.133. The third-order valence-electron chi connectivity index (χ3n) is 3.21. The average Bonchev–Trinajstić information content (AvgIpc) is 3.03. The SMILES string of the molecule is O=C(CNS(=O)(=O)c1ccc2c(c1)OCO2)Nc1ccc(Cl)cc1. The number of sulfonamides is 1. The second-order valence-corrected chi connectivity index (χ2v) is 7.10. The van der Waals surface area contributed by atoms with Crippen molar-refractivity contribution in [3.63, 3.8) is 0 Å². The zero-order valence-corrected chi connectivity index (χ0v) is 13.9. The predicted molar refractivity (Wildman–Crippen MR) is 87.8 cm³/mol. The summed E-state index contributed by atoms with van der Waals surface area (Å²) in [6.07, 6.45) is 0. The normalized spacial score (nSPS) is 12.9. The topological polar surface area (TPSA) is 93.7 Å². The lowest BCUT2D eigenvalue weighted by Gasteiger charge is -2.08. The van der Waals surface area contributed by atoms with E-state index in [1.54, 1.807) is 24.3 Å². The summed E-state index contributed by atoms with van der Waals surface area (Å²) in [4.78, 5) is 11.8. The smallest absolute Gasteiger partial charge is 0.241 e. The van der Waals surface area contributed by atoms with Gasteiger partial charge >= 0.3 is 0 Å². The van der Waals surface area contributed by atoms with Crippen molar-refractivity contribution in [3.8, 4) is 11.5 Å². The van der Waals surface area contributed by atoms with Gasteiger partial charge in [0.1, 0.15) is 0 Å². The first-order chi connectivity index (χ1) is 11.4. The molecule has 0 fully saturated rings. The van der Waals surface area contributed by atoms with Crippen LogP contribution in [-0.2, 0) is 14.8 Å². The molecule has 126 valence electrons. The molecule has 2 aromatic rings. The molecule has 0 bridgehead atoms. The van der Waals surface area contributed by atoms with Crippen LogP contribution >= 0.6 is 11.6 Å². The maximum atomic E-state index is 12.2. The van der Waals surface area contributed by atoms with Crippen molar-refractivity contribution in [2.45, 2.75) is 4.90 Å². The van der Waals surface area contributed by atoms with Gasteiger partial charge in [0.15, 0.2) is 11.5 Å². The van der Waals surface area contributed by atoms with Crippen LogP contribution < -0.4 is 19.5 Å². The average molecular weight is 369 g/mol. The van der Waals surface area contributed by atoms with Gasteiger partial charge in [-0.15, -0.1) is 0 Å². The van der Waals surface area contributed by atoms with Gasteiger partial charge in [-0.25, -0.2) is 13.1 Å². The van der Waals surface area contributed by atoms with Gasteiger partial charge in [0.2, 0.25) is 22.7 Å². The van der Waals surface area contributed by atoms with E-state index >= 15 is 0 Å². The molecule has 0 atom stereocenters. The Morgan fingerprint density at radius 2 is 1.79 bits per heavy atom. The maximum absolute atomic E-state index is 12.2. The Labute approximate surface area is 143 Å². The third kappa shape index (κ3) is 3.78. The Morgan fingerprint density at radius 3 is 2.54 bits per heavy atom. The number of carbonyl (C=O) groups excluding carboxylic acids is 1. The van der Waals surface area contributed by atoms with Crippen molar-refractivity contribution < 1.29 is 22.7 Å². The minimum atomic E-state index is -3.84. The molecule has 2 N–H and O–H groups in total. The summed E-state index contributed by atoms with van der Waals surface area (Å²) >= 11 is 5.75. The highest BCUT2D eigenvalue weighted by molar-refractivity contribution is 7.89. The Hall–Kier alpha value is -2.29. The quantitative estimate of drug-likeness (QED) is 0.841. The lowest BCUT2D eigenvalue weighted by atomic mass is 10.3. The highest BCUT2D eigenvalue weighted by Crippen LogP contribution is 2.33. The van der Waals surface area contributed by atoms with Crippen LogP contribution in [0, 0.1) is 0 Å². The molecular weight excluding hydrogens is 356 g/mol. The minimum Gasteiger partial charge on any atom is -0.454 e. The number of halogens is 1. The monoisotopic (exact) mass is 368 g/mol. The standard InChI is InChI=1S/C15H13ClN2O5S/c16-10-1-3-11(4-2-10)18-15(19)8-17-24(20,21)12-5-6-13-14(7-12)23-9-22-13/h1-7,17H,8-9H2,(H,18,19). The molecule has 0 aromatic heterocycles. The van der Waals surface area contributed by atoms with Gasteiger partial charge in [-0.05, 0) is 36.4 Å². The molecule has 9 heteroatoms. The number of amides is 1. The molecule has 0 saturated carbocycles. The zero-order chi connectivity index (χ0) is 17.2. The number of rotatable bonds is 5. The number of carbonyl (C=O) groups is 1. The van der Waals surface area contributed by atoms with E-state index in [1.165, 1.54) is 18.2 Å². The largest absolute Gasteiger partial charge is 0.454 e. The Balaban J connectivity index is 1.62. The number of anilines is 1. The van der Waals surface area contributed by atoms with Crippen molar-refractivity contribution >= 4 is 33.2 Å². The summed E-state index contributed by atoms with van der Waals surface area (Å²) in [6.45, 7) is -0.352. The van der Waals surface area contributed by atoms with Crippen LogP contribution in [0.5, 0.6) is 11.5 Å². The fourth-order valence-corrected chi connectivity index (χ4v) is 3.15. The molecule has 0 saturated heterocycles. The van der Waals surface area contributed by atoms with Crippen molar-refractivity contribution in [2.75, 3.05) is 18.7 Å². The second-order valence-electron chi connectivity index (χ2n) is 4.89. The molecule has 1 heterocycles. The van der Waals surface area contributed by atoms with Crippen molar-refractivity contribution in [2.24, 2.45) is 0 Å². The van der Waals surface area contributed by atoms with E-state index in [-0.39, 0.29) is 11.7 Å². The van der Waals surface area contributed by atoms with Gasteiger partial charge in [0.05, 0.1) is 11.4 Å². The molecule has 1 aliphatic rings. The lowest BCUT2D eigenvalue weighted by Crippen LogP contribution is -2.32. The summed E-state index contributed by atoms with van der Waals surface area (Å²) in [6, 6.07) is 10.7. The Kier molecular flexibility index (Phi) is 4.61. The molecule has 2 aromatic carbocycles. The number of hydrogen-bond donors (Lipinski definition) is 2. The third-order valence-corrected chi connectivity index (χ3v) is 4.86. The highest BCUT2D eigenvalue weighted by Gasteiger charge is 2.20. The number of benzene rings is 2. The summed E-state index contributed by atoms with van der Waals surface area (Å²) < 4.78 is 37.0. The van der Waals surface area contributed by atoms with Crippen molar-refractivity contribution in [1.82, 2.24) is 4.72 Å². The van der Waals surface area contributed by atoms with Gasteiger partial charge in [-0.2, -0.15) is 0 Å². The lowest BCUT2D eigenvalue weighted by molar-refractivity contribution is -0.115. The van der Waals surface area contributed by atoms with Crippen molar-refractivity contribution in [3.05, 3.63) is 47.5 Å². The van der Waals surface area contributed by atoms with Crippen LogP contribution in [-0.4, -0.2) is 27.7 Å². The molecule has 0 radical (unpaired) electrons. The van der Waals surface area contributed by atoms with Crippen LogP contribution in [0.2, 0.25) is 5.02 Å². The van der Waals surface area contributed by atoms with Crippen LogP contribution in [0.15, 0.2) is 47.4 Å². The van der Waals surface area contributed by atoms with Gasteiger partial charge in [-0.3, -0.25) is 4.79 Å². The van der Waals surface area contributed by atoms with Gasteiger partial charge in [0, 0.05) is 16.8 Å². The Bertz CT molecular complexity index is 868. The fourth-order valence-electron chi connectivity index (χ4n) is 2.03. The number of nitrogens with one attached hydrogen (secondary N) is 2. The van der Waals surface area contributed by atoms with Crippen LogP contribution in [0.4, 0.5) is 5.69 Å². The molecule has 1 amide bonds. The van der Waals surface area contributed by atoms with E-state index in [0.717, 1.165) is 0 Å². The predicted octanol–water partition coefficient (Wildman–Crippen LogP) is 1.99. The molecular formula is C15H13ClN2O5S. The van der Waals surface area contributed by atoms with Crippen molar-refractivity contribution in [1.29, 1.82) is 0 Å². The van der Waals surface area contributed by atoms with Crippen LogP contribution in [0.25, 0.3) is 0 Å². The molecule has 0 aliphatic carbocycles. The second kappa shape index (κ2) is 6.68. The summed E-state index contributed by atoms with van der Waals surface area (Å²) in [5.74, 6) is 0.333. The summed E-state index contributed by atoms with van der Waals surface area (Å²) in [7, 11) is -3.84. The van der Waals surface area contributed by atoms with E-state index in [2.05, 4.69) is 10.0 Å². The van der Waals surface area contributed by atoms with Gasteiger partial charge < -0.3 is 14.8 Å². The molecule has 24 heavy (non-hydrogen) atoms. The molecule has 7 nitrogen and oxygen atoms in total. The molecule has 3 rings (SSSR count). The maximum Gasteiger partial charge on any atom is 0.241 e. The van der Waals surface area contributed by atoms with E-state index < -0.39 is 22.5 Å². The minimum absolute atomic E-state index is 0.00829. The number of fused-ring (bicyclic) bond motifs is 1. The number of ether oxygens (including phenoxy) is 2. The van der Waals surface area contributed by atoms with Gasteiger partial charge in [0.25, 0.3) is 0 Å². The van der Waals surface area contributed by atoms with Gasteiger partial charge in [-0.1, -0.05) is 11.6 Å². The van der Waals surface area contributed by atoms with E-state index in [4.69, 9.17) is 21.1 Å². The van der Waals surface area contributed by atoms with E-state index in [9.17, 15) is 13.2 Å². The first-order valence-corrected chi connectivity index (χ1v) is 8.75. The molecule has 1 aliphatic heterocycles. The summed E-state index contributed by atoms with van der Waals surface area (Å²) in [5, 5.41) is 3.10. The first-order valence-electron chi connectivity index (χ1n) is 6.89. The summed E-state index contributed by atoms with van der Waals surface area (Å²) in [5.41, 5.74) is 0.520. The Morgan fingerprint density at radius 1 is 1.08 bits per heavy atom. The zero-order valence-electron chi connectivity index (χ0n) is 12.3. The highest BCUT2D eigenvalue weighted by atomic mass is 35.5.